The van der Waals surface area contributed by atoms with Gasteiger partial charge < -0.3 is 15.7 Å². The highest BCUT2D eigenvalue weighted by Crippen LogP contribution is 2.04. The summed E-state index contributed by atoms with van der Waals surface area (Å²) in [6, 6.07) is 15.1. The molecule has 0 aliphatic heterocycles. The first kappa shape index (κ1) is 20.0. The summed E-state index contributed by atoms with van der Waals surface area (Å²) < 4.78 is 0. The van der Waals surface area contributed by atoms with Gasteiger partial charge in [-0.2, -0.15) is 0 Å². The molecule has 0 unspecified atom stereocenters. The maximum absolute atomic E-state index is 11.9. The van der Waals surface area contributed by atoms with Crippen LogP contribution >= 0.6 is 0 Å². The Kier molecular flexibility index (Phi) is 7.37. The van der Waals surface area contributed by atoms with Crippen LogP contribution in [0.15, 0.2) is 54.6 Å². The standard InChI is InChI=1S/C20H21N3O4/c1-14(24)18(19(25)23-27)22-20(26)21-13-17-11-9-16(10-12-17)8-7-15-5-3-2-4-6-15/h2-6,9-12,14,18,24,27H,13H2,1H3,(H,23,25)(H2,21,22,26)/t14-,18+/m1/s1. The molecular formula is C20H21N3O4. The first-order valence-electron chi connectivity index (χ1n) is 8.32. The Morgan fingerprint density at radius 3 is 2.15 bits per heavy atom. The van der Waals surface area contributed by atoms with Crippen LogP contribution in [0.1, 0.15) is 23.6 Å². The second-order valence-corrected chi connectivity index (χ2v) is 5.83. The van der Waals surface area contributed by atoms with Gasteiger partial charge in [-0.05, 0) is 36.8 Å². The number of hydrogen-bond donors (Lipinski definition) is 5. The van der Waals surface area contributed by atoms with Gasteiger partial charge in [-0.1, -0.05) is 42.2 Å². The summed E-state index contributed by atoms with van der Waals surface area (Å²) in [5.41, 5.74) is 4.02. The molecule has 0 saturated heterocycles. The van der Waals surface area contributed by atoms with Gasteiger partial charge in [0.25, 0.3) is 5.91 Å². The Hall–Kier alpha value is -3.34. The highest BCUT2D eigenvalue weighted by Gasteiger charge is 2.25. The molecule has 3 amide bonds. The molecule has 5 N–H and O–H groups in total. The Labute approximate surface area is 157 Å². The monoisotopic (exact) mass is 367 g/mol. The maximum atomic E-state index is 11.9. The van der Waals surface area contributed by atoms with Gasteiger partial charge in [0.15, 0.2) is 0 Å². The third kappa shape index (κ3) is 6.47. The lowest BCUT2D eigenvalue weighted by Gasteiger charge is -2.19. The van der Waals surface area contributed by atoms with Crippen molar-refractivity contribution in [2.45, 2.75) is 25.6 Å². The lowest BCUT2D eigenvalue weighted by Crippen LogP contribution is -2.54. The number of aliphatic hydroxyl groups excluding tert-OH is 1. The minimum atomic E-state index is -1.26. The SMILES string of the molecule is C[C@@H](O)[C@H](NC(=O)NCc1ccc(C#Cc2ccccc2)cc1)C(=O)NO. The van der Waals surface area contributed by atoms with E-state index in [-0.39, 0.29) is 6.54 Å². The highest BCUT2D eigenvalue weighted by atomic mass is 16.5. The molecule has 2 rings (SSSR count). The third-order valence-corrected chi connectivity index (χ3v) is 3.69. The van der Waals surface area contributed by atoms with E-state index in [0.29, 0.717) is 0 Å². The zero-order valence-electron chi connectivity index (χ0n) is 14.8. The Bertz CT molecular complexity index is 824. The van der Waals surface area contributed by atoms with Crippen LogP contribution < -0.4 is 16.1 Å². The summed E-state index contributed by atoms with van der Waals surface area (Å²) >= 11 is 0. The lowest BCUT2D eigenvalue weighted by atomic mass is 10.1. The quantitative estimate of drug-likeness (QED) is 0.310. The molecule has 7 nitrogen and oxygen atoms in total. The van der Waals surface area contributed by atoms with Crippen molar-refractivity contribution in [1.29, 1.82) is 0 Å². The van der Waals surface area contributed by atoms with E-state index in [2.05, 4.69) is 22.5 Å². The van der Waals surface area contributed by atoms with Gasteiger partial charge in [0.2, 0.25) is 0 Å². The van der Waals surface area contributed by atoms with Crippen molar-refractivity contribution >= 4 is 11.9 Å². The number of hydroxylamine groups is 1. The van der Waals surface area contributed by atoms with Crippen molar-refractivity contribution in [1.82, 2.24) is 16.1 Å². The van der Waals surface area contributed by atoms with Crippen LogP contribution in [0.5, 0.6) is 0 Å². The maximum Gasteiger partial charge on any atom is 0.315 e. The van der Waals surface area contributed by atoms with Gasteiger partial charge in [-0.15, -0.1) is 0 Å². The van der Waals surface area contributed by atoms with Crippen molar-refractivity contribution in [2.75, 3.05) is 0 Å². The molecule has 140 valence electrons. The zero-order valence-corrected chi connectivity index (χ0v) is 14.8. The Morgan fingerprint density at radius 1 is 1.00 bits per heavy atom. The van der Waals surface area contributed by atoms with Gasteiger partial charge in [-0.25, -0.2) is 10.3 Å². The average molecular weight is 367 g/mol. The van der Waals surface area contributed by atoms with Gasteiger partial charge in [0.1, 0.15) is 6.04 Å². The van der Waals surface area contributed by atoms with E-state index in [1.807, 2.05) is 54.6 Å². The van der Waals surface area contributed by atoms with E-state index in [0.717, 1.165) is 16.7 Å². The molecule has 27 heavy (non-hydrogen) atoms. The van der Waals surface area contributed by atoms with Gasteiger partial charge in [0.05, 0.1) is 6.10 Å². The largest absolute Gasteiger partial charge is 0.391 e. The highest BCUT2D eigenvalue weighted by molar-refractivity contribution is 5.86. The second-order valence-electron chi connectivity index (χ2n) is 5.83. The molecule has 0 saturated carbocycles. The van der Waals surface area contributed by atoms with Gasteiger partial charge in [-0.3, -0.25) is 10.0 Å². The summed E-state index contributed by atoms with van der Waals surface area (Å²) in [4.78, 5) is 23.2. The molecule has 2 aromatic rings. The van der Waals surface area contributed by atoms with Gasteiger partial charge >= 0.3 is 6.03 Å². The zero-order chi connectivity index (χ0) is 19.6. The number of benzene rings is 2. The van der Waals surface area contributed by atoms with E-state index in [4.69, 9.17) is 5.21 Å². The average Bonchev–Trinajstić information content (AvgIpc) is 2.69. The second kappa shape index (κ2) is 9.97. The van der Waals surface area contributed by atoms with Crippen LogP contribution in [0.3, 0.4) is 0 Å². The van der Waals surface area contributed by atoms with Crippen LogP contribution in [0.2, 0.25) is 0 Å². The number of urea groups is 1. The first-order valence-corrected chi connectivity index (χ1v) is 8.32. The molecular weight excluding hydrogens is 346 g/mol. The van der Waals surface area contributed by atoms with Crippen LogP contribution in [0.25, 0.3) is 0 Å². The van der Waals surface area contributed by atoms with E-state index < -0.39 is 24.1 Å². The number of carbonyl (C=O) groups excluding carboxylic acids is 2. The summed E-state index contributed by atoms with van der Waals surface area (Å²) in [7, 11) is 0. The van der Waals surface area contributed by atoms with Crippen LogP contribution in [0.4, 0.5) is 4.79 Å². The third-order valence-electron chi connectivity index (χ3n) is 3.69. The number of nitrogens with one attached hydrogen (secondary N) is 3. The van der Waals surface area contributed by atoms with Crippen molar-refractivity contribution < 1.29 is 19.9 Å². The molecule has 0 aromatic heterocycles. The first-order chi connectivity index (χ1) is 13.0. The number of hydrogen-bond acceptors (Lipinski definition) is 4. The normalized spacial score (nSPS) is 12.1. The predicted molar refractivity (Wildman–Crippen MR) is 99.6 cm³/mol. The summed E-state index contributed by atoms with van der Waals surface area (Å²) in [6.07, 6.45) is -1.16. The van der Waals surface area contributed by atoms with Crippen molar-refractivity contribution in [3.63, 3.8) is 0 Å². The molecule has 0 aliphatic carbocycles. The van der Waals surface area contributed by atoms with Crippen molar-refractivity contribution in [3.8, 4) is 11.8 Å². The summed E-state index contributed by atoms with van der Waals surface area (Å²) in [5.74, 6) is 5.23. The summed E-state index contributed by atoms with van der Waals surface area (Å²) in [5, 5.41) is 23.0. The van der Waals surface area contributed by atoms with Crippen molar-refractivity contribution in [2.24, 2.45) is 0 Å². The Balaban J connectivity index is 1.88. The fraction of sp³-hybridized carbons (Fsp3) is 0.200. The molecule has 0 fully saturated rings. The van der Waals surface area contributed by atoms with E-state index in [9.17, 15) is 14.7 Å². The Morgan fingerprint density at radius 2 is 1.59 bits per heavy atom. The molecule has 2 atom stereocenters. The van der Waals surface area contributed by atoms with E-state index >= 15 is 0 Å². The number of amides is 3. The topological polar surface area (TPSA) is 111 Å². The fourth-order valence-electron chi connectivity index (χ4n) is 2.22. The molecule has 0 bridgehead atoms. The molecule has 0 radical (unpaired) electrons. The fourth-order valence-corrected chi connectivity index (χ4v) is 2.22. The molecule has 7 heteroatoms. The lowest BCUT2D eigenvalue weighted by molar-refractivity contribution is -0.133. The molecule has 0 aliphatic rings. The van der Waals surface area contributed by atoms with E-state index in [1.165, 1.54) is 12.4 Å². The minimum absolute atomic E-state index is 0.228. The number of carbonyl (C=O) groups is 2. The predicted octanol–water partition coefficient (Wildman–Crippen LogP) is 1.14. The van der Waals surface area contributed by atoms with Gasteiger partial charge in [0, 0.05) is 17.7 Å². The molecule has 2 aromatic carbocycles. The number of rotatable bonds is 5. The smallest absolute Gasteiger partial charge is 0.315 e. The summed E-state index contributed by atoms with van der Waals surface area (Å²) in [6.45, 7) is 1.56. The molecule has 0 spiro atoms. The minimum Gasteiger partial charge on any atom is -0.391 e. The number of aliphatic hydroxyl groups is 1. The van der Waals surface area contributed by atoms with Crippen LogP contribution in [-0.2, 0) is 11.3 Å². The van der Waals surface area contributed by atoms with Crippen LogP contribution in [-0.4, -0.2) is 34.4 Å². The molecule has 0 heterocycles. The van der Waals surface area contributed by atoms with E-state index in [1.54, 1.807) is 0 Å². The van der Waals surface area contributed by atoms with Crippen LogP contribution in [0, 0.1) is 11.8 Å². The van der Waals surface area contributed by atoms with Crippen molar-refractivity contribution in [3.05, 3.63) is 71.3 Å².